The number of benzene rings is 2. The molecule has 0 fully saturated rings. The van der Waals surface area contributed by atoms with Crippen LogP contribution in [0.2, 0.25) is 0 Å². The number of rotatable bonds is 5. The molecule has 8 heteroatoms. The van der Waals surface area contributed by atoms with E-state index < -0.39 is 5.92 Å². The summed E-state index contributed by atoms with van der Waals surface area (Å²) in [6, 6.07) is 16.8. The van der Waals surface area contributed by atoms with Crippen molar-refractivity contribution in [2.45, 2.75) is 12.8 Å². The molecule has 1 amide bonds. The van der Waals surface area contributed by atoms with E-state index in [1.54, 1.807) is 25.1 Å². The van der Waals surface area contributed by atoms with Gasteiger partial charge in [0.15, 0.2) is 0 Å². The van der Waals surface area contributed by atoms with Gasteiger partial charge in [-0.15, -0.1) is 0 Å². The van der Waals surface area contributed by atoms with E-state index in [1.807, 2.05) is 30.3 Å². The highest BCUT2D eigenvalue weighted by atomic mass is 19.1. The van der Waals surface area contributed by atoms with E-state index >= 15 is 0 Å². The van der Waals surface area contributed by atoms with Crippen molar-refractivity contribution in [3.63, 3.8) is 0 Å². The minimum atomic E-state index is -0.422. The lowest BCUT2D eigenvalue weighted by Crippen LogP contribution is -2.19. The molecule has 4 rings (SSSR count). The maximum Gasteiger partial charge on any atom is 0.241 e. The predicted molar refractivity (Wildman–Crippen MR) is 111 cm³/mol. The summed E-state index contributed by atoms with van der Waals surface area (Å²) in [4.78, 5) is 21.0. The summed E-state index contributed by atoms with van der Waals surface area (Å²) >= 11 is 0. The topological polar surface area (TPSA) is 107 Å². The summed E-state index contributed by atoms with van der Waals surface area (Å²) < 4.78 is 18.8. The highest BCUT2D eigenvalue weighted by Crippen LogP contribution is 2.37. The van der Waals surface area contributed by atoms with Gasteiger partial charge in [0.05, 0.1) is 17.2 Å². The first-order valence-corrected chi connectivity index (χ1v) is 9.23. The Morgan fingerprint density at radius 1 is 1.10 bits per heavy atom. The minimum absolute atomic E-state index is 0.0636. The number of hydrogen-bond acceptors (Lipinski definition) is 6. The van der Waals surface area contributed by atoms with Crippen molar-refractivity contribution in [2.24, 2.45) is 0 Å². The second-order valence-electron chi connectivity index (χ2n) is 6.66. The minimum Gasteiger partial charge on any atom is -0.368 e. The van der Waals surface area contributed by atoms with Crippen molar-refractivity contribution in [1.82, 2.24) is 15.1 Å². The van der Waals surface area contributed by atoms with Crippen LogP contribution < -0.4 is 11.1 Å². The van der Waals surface area contributed by atoms with Crippen LogP contribution in [-0.4, -0.2) is 21.0 Å². The van der Waals surface area contributed by atoms with Crippen molar-refractivity contribution in [1.29, 1.82) is 0 Å². The standard InChI is InChI=1S/C22H18FN5O2/c1-13(14-5-3-2-4-6-14)20(29)27-21-18(17-11-12-25-22(24)26-17)19(28-30-21)15-7-9-16(23)10-8-15/h2-13H,1H3,(H,27,29)(H2,24,25,26). The lowest BCUT2D eigenvalue weighted by atomic mass is 10.00. The molecule has 0 radical (unpaired) electrons. The molecule has 1 unspecified atom stereocenters. The van der Waals surface area contributed by atoms with Crippen LogP contribution in [0.3, 0.4) is 0 Å². The number of amides is 1. The number of carbonyl (C=O) groups excluding carboxylic acids is 1. The largest absolute Gasteiger partial charge is 0.368 e. The first kappa shape index (κ1) is 19.3. The molecule has 7 nitrogen and oxygen atoms in total. The molecule has 0 saturated carbocycles. The van der Waals surface area contributed by atoms with Gasteiger partial charge < -0.3 is 10.3 Å². The van der Waals surface area contributed by atoms with Crippen molar-refractivity contribution < 1.29 is 13.7 Å². The third-order valence-corrected chi connectivity index (χ3v) is 4.67. The van der Waals surface area contributed by atoms with E-state index in [2.05, 4.69) is 20.4 Å². The van der Waals surface area contributed by atoms with Crippen molar-refractivity contribution >= 4 is 17.7 Å². The van der Waals surface area contributed by atoms with Crippen molar-refractivity contribution in [2.75, 3.05) is 11.1 Å². The van der Waals surface area contributed by atoms with E-state index in [1.165, 1.54) is 18.3 Å². The molecule has 0 aliphatic carbocycles. The Balaban J connectivity index is 1.74. The molecular formula is C22H18FN5O2. The molecule has 150 valence electrons. The van der Waals surface area contributed by atoms with Crippen LogP contribution in [0.4, 0.5) is 16.2 Å². The Morgan fingerprint density at radius 2 is 1.83 bits per heavy atom. The van der Waals surface area contributed by atoms with Crippen LogP contribution in [0.1, 0.15) is 18.4 Å². The summed E-state index contributed by atoms with van der Waals surface area (Å²) in [6.07, 6.45) is 1.50. The molecule has 30 heavy (non-hydrogen) atoms. The zero-order chi connectivity index (χ0) is 21.1. The zero-order valence-electron chi connectivity index (χ0n) is 16.0. The SMILES string of the molecule is CC(C(=O)Nc1onc(-c2ccc(F)cc2)c1-c1ccnc(N)n1)c1ccccc1. The highest BCUT2D eigenvalue weighted by Gasteiger charge is 2.24. The van der Waals surface area contributed by atoms with Gasteiger partial charge in [0.25, 0.3) is 0 Å². The molecule has 2 aromatic carbocycles. The molecule has 3 N–H and O–H groups in total. The third-order valence-electron chi connectivity index (χ3n) is 4.67. The zero-order valence-corrected chi connectivity index (χ0v) is 16.0. The van der Waals surface area contributed by atoms with Crippen molar-refractivity contribution in [3.05, 3.63) is 78.2 Å². The number of anilines is 2. The molecule has 1 atom stereocenters. The van der Waals surface area contributed by atoms with Crippen LogP contribution in [0.25, 0.3) is 22.5 Å². The average molecular weight is 403 g/mol. The molecule has 2 aromatic heterocycles. The summed E-state index contributed by atoms with van der Waals surface area (Å²) in [5.41, 5.74) is 8.46. The smallest absolute Gasteiger partial charge is 0.241 e. The molecular weight excluding hydrogens is 385 g/mol. The summed E-state index contributed by atoms with van der Waals surface area (Å²) in [6.45, 7) is 1.80. The normalized spacial score (nSPS) is 11.8. The number of nitrogens with zero attached hydrogens (tertiary/aromatic N) is 3. The van der Waals surface area contributed by atoms with Crippen molar-refractivity contribution in [3.8, 4) is 22.5 Å². The second-order valence-corrected chi connectivity index (χ2v) is 6.66. The molecule has 0 aliphatic heterocycles. The van der Waals surface area contributed by atoms with Gasteiger partial charge in [-0.3, -0.25) is 10.1 Å². The molecule has 0 spiro atoms. The average Bonchev–Trinajstić information content (AvgIpc) is 3.17. The number of nitrogen functional groups attached to an aromatic ring is 1. The molecule has 0 aliphatic rings. The molecule has 0 saturated heterocycles. The molecule has 4 aromatic rings. The van der Waals surface area contributed by atoms with Gasteiger partial charge in [-0.05, 0) is 42.8 Å². The van der Waals surface area contributed by atoms with Gasteiger partial charge in [-0.2, -0.15) is 0 Å². The van der Waals surface area contributed by atoms with Crippen LogP contribution in [0, 0.1) is 5.82 Å². The van der Waals surface area contributed by atoms with Crippen LogP contribution in [-0.2, 0) is 4.79 Å². The van der Waals surface area contributed by atoms with E-state index in [0.29, 0.717) is 22.5 Å². The maximum absolute atomic E-state index is 13.4. The fourth-order valence-corrected chi connectivity index (χ4v) is 3.04. The van der Waals surface area contributed by atoms with E-state index in [4.69, 9.17) is 10.3 Å². The Bertz CT molecular complexity index is 1180. The first-order chi connectivity index (χ1) is 14.5. The fourth-order valence-electron chi connectivity index (χ4n) is 3.04. The Morgan fingerprint density at radius 3 is 2.53 bits per heavy atom. The fraction of sp³-hybridized carbons (Fsp3) is 0.0909. The number of halogens is 1. The lowest BCUT2D eigenvalue weighted by molar-refractivity contribution is -0.117. The van der Waals surface area contributed by atoms with Crippen LogP contribution in [0.5, 0.6) is 0 Å². The quantitative estimate of drug-likeness (QED) is 0.516. The molecule has 2 heterocycles. The second kappa shape index (κ2) is 8.12. The number of carbonyl (C=O) groups is 1. The first-order valence-electron chi connectivity index (χ1n) is 9.23. The van der Waals surface area contributed by atoms with Gasteiger partial charge in [-0.25, -0.2) is 14.4 Å². The van der Waals surface area contributed by atoms with Gasteiger partial charge in [0, 0.05) is 11.8 Å². The van der Waals surface area contributed by atoms with E-state index in [-0.39, 0.29) is 23.6 Å². The Kier molecular flexibility index (Phi) is 5.21. The number of nitrogens with two attached hydrogens (primary N) is 1. The van der Waals surface area contributed by atoms with Crippen LogP contribution >= 0.6 is 0 Å². The van der Waals surface area contributed by atoms with Gasteiger partial charge in [0.2, 0.25) is 17.7 Å². The number of hydrogen-bond donors (Lipinski definition) is 2. The monoisotopic (exact) mass is 403 g/mol. The molecule has 0 bridgehead atoms. The third kappa shape index (κ3) is 3.88. The number of aromatic nitrogens is 3. The summed E-state index contributed by atoms with van der Waals surface area (Å²) in [7, 11) is 0. The Hall–Kier alpha value is -4.07. The lowest BCUT2D eigenvalue weighted by Gasteiger charge is -2.12. The number of nitrogens with one attached hydrogen (secondary N) is 1. The van der Waals surface area contributed by atoms with Gasteiger partial charge >= 0.3 is 0 Å². The van der Waals surface area contributed by atoms with Gasteiger partial charge in [-0.1, -0.05) is 35.5 Å². The predicted octanol–water partition coefficient (Wildman–Crippen LogP) is 4.26. The van der Waals surface area contributed by atoms with E-state index in [9.17, 15) is 9.18 Å². The summed E-state index contributed by atoms with van der Waals surface area (Å²) in [5, 5.41) is 6.88. The highest BCUT2D eigenvalue weighted by molar-refractivity contribution is 5.99. The van der Waals surface area contributed by atoms with Crippen LogP contribution in [0.15, 0.2) is 71.4 Å². The maximum atomic E-state index is 13.4. The summed E-state index contributed by atoms with van der Waals surface area (Å²) in [5.74, 6) is -0.880. The Labute approximate surface area is 171 Å². The van der Waals surface area contributed by atoms with Gasteiger partial charge in [0.1, 0.15) is 11.5 Å². The van der Waals surface area contributed by atoms with E-state index in [0.717, 1.165) is 5.56 Å².